The van der Waals surface area contributed by atoms with E-state index in [4.69, 9.17) is 4.98 Å². The van der Waals surface area contributed by atoms with Crippen LogP contribution < -0.4 is 0 Å². The molecule has 0 amide bonds. The second-order valence-electron chi connectivity index (χ2n) is 15.8. The molecule has 3 heterocycles. The predicted octanol–water partition coefficient (Wildman–Crippen LogP) is 15.8. The first-order chi connectivity index (χ1) is 36.7. The minimum Gasteiger partial charge on any atom is -0.304 e. The van der Waals surface area contributed by atoms with Crippen molar-refractivity contribution in [2.24, 2.45) is 0 Å². The Bertz CT molecular complexity index is 3700. The molecular formula is C61H39BrF4IrN3. The number of aryl methyl sites for hydroxylation is 4. The van der Waals surface area contributed by atoms with E-state index in [1.165, 1.54) is 36.4 Å². The summed E-state index contributed by atoms with van der Waals surface area (Å²) in [4.78, 5) is 13.3. The van der Waals surface area contributed by atoms with Crippen LogP contribution in [0.2, 0.25) is 0 Å². The molecule has 10 rings (SSSR count). The van der Waals surface area contributed by atoms with Crippen LogP contribution in [-0.2, 0) is 45.6 Å². The first-order valence-corrected chi connectivity index (χ1v) is 22.3. The molecule has 0 unspecified atom stereocenters. The zero-order valence-corrected chi connectivity index (χ0v) is 40.4. The monoisotopic (exact) mass is 1170 g/mol. The average Bonchev–Trinajstić information content (AvgIpc) is 3.54. The number of aromatic nitrogens is 3. The van der Waals surface area contributed by atoms with E-state index in [2.05, 4.69) is 44.1 Å². The number of nitrogens with zero attached hydrogens (tertiary/aromatic N) is 3. The number of benzene rings is 7. The normalized spacial score (nSPS) is 13.6. The van der Waals surface area contributed by atoms with Gasteiger partial charge in [0.1, 0.15) is 0 Å². The molecule has 0 saturated carbocycles. The quantitative estimate of drug-likeness (QED) is 0.0853. The zero-order valence-electron chi connectivity index (χ0n) is 44.5. The molecule has 0 spiro atoms. The molecule has 0 saturated heterocycles. The van der Waals surface area contributed by atoms with Crippen molar-refractivity contribution in [3.8, 4) is 78.3 Å². The van der Waals surface area contributed by atoms with Gasteiger partial charge in [-0.15, -0.1) is 54.1 Å². The summed E-state index contributed by atoms with van der Waals surface area (Å²) in [6.45, 7) is 0. The van der Waals surface area contributed by atoms with Gasteiger partial charge in [0.05, 0.1) is 0 Å². The molecule has 0 atom stereocenters. The Morgan fingerprint density at radius 3 is 1.51 bits per heavy atom. The Kier molecular flexibility index (Phi) is 12.0. The van der Waals surface area contributed by atoms with Crippen LogP contribution in [0.25, 0.3) is 78.3 Å². The summed E-state index contributed by atoms with van der Waals surface area (Å²) in [6.07, 6.45) is -8.17. The molecule has 9 heteroatoms. The molecular weight excluding hydrogens is 1120 g/mol. The van der Waals surface area contributed by atoms with Crippen molar-refractivity contribution < 1.29 is 48.6 Å². The van der Waals surface area contributed by atoms with Gasteiger partial charge in [-0.05, 0) is 104 Å². The van der Waals surface area contributed by atoms with E-state index in [0.717, 1.165) is 57.3 Å². The minimum atomic E-state index is -3.03. The Hall–Kier alpha value is -7.16. The fraction of sp³-hybridized carbons (Fsp3) is 0.0656. The van der Waals surface area contributed by atoms with Gasteiger partial charge >= 0.3 is 20.1 Å². The van der Waals surface area contributed by atoms with Crippen LogP contribution in [0.4, 0.5) is 17.6 Å². The molecule has 3 aromatic heterocycles. The summed E-state index contributed by atoms with van der Waals surface area (Å²) in [5, 5.41) is 0. The molecule has 0 fully saturated rings. The number of halogens is 5. The molecule has 3 nitrogen and oxygen atoms in total. The summed E-state index contributed by atoms with van der Waals surface area (Å²) in [7, 11) is 0. The smallest absolute Gasteiger partial charge is 0.304 e. The van der Waals surface area contributed by atoms with Crippen molar-refractivity contribution in [1.29, 1.82) is 0 Å². The second-order valence-corrected chi connectivity index (χ2v) is 16.7. The molecule has 0 aliphatic carbocycles. The van der Waals surface area contributed by atoms with Crippen LogP contribution in [0.3, 0.4) is 0 Å². The van der Waals surface area contributed by atoms with Gasteiger partial charge in [-0.1, -0.05) is 171 Å². The summed E-state index contributed by atoms with van der Waals surface area (Å²) >= 11 is 3.56. The summed E-state index contributed by atoms with van der Waals surface area (Å²) in [5.74, 6) is -3.64. The minimum absolute atomic E-state index is 0. The maximum Gasteiger partial charge on any atom is 3.00 e. The molecule has 7 aromatic carbocycles. The van der Waals surface area contributed by atoms with Crippen molar-refractivity contribution in [2.75, 3.05) is 0 Å². The van der Waals surface area contributed by atoms with Crippen LogP contribution in [0.1, 0.15) is 33.2 Å². The topological polar surface area (TPSA) is 38.7 Å². The largest absolute Gasteiger partial charge is 3.00 e. The Balaban J connectivity index is 0.00000740. The Morgan fingerprint density at radius 1 is 0.429 bits per heavy atom. The molecule has 10 aromatic rings. The predicted molar refractivity (Wildman–Crippen MR) is 270 cm³/mol. The van der Waals surface area contributed by atoms with Gasteiger partial charge in [-0.25, -0.2) is 0 Å². The van der Waals surface area contributed by atoms with Crippen molar-refractivity contribution in [3.63, 3.8) is 0 Å². The van der Waals surface area contributed by atoms with Gasteiger partial charge in [-0.3, -0.25) is 17.6 Å². The van der Waals surface area contributed by atoms with Crippen molar-refractivity contribution >= 4 is 15.9 Å². The van der Waals surface area contributed by atoms with E-state index >= 15 is 0 Å². The van der Waals surface area contributed by atoms with E-state index in [0.29, 0.717) is 40.1 Å². The first-order valence-electron chi connectivity index (χ1n) is 25.5. The van der Waals surface area contributed by atoms with Crippen molar-refractivity contribution in [2.45, 2.75) is 25.5 Å². The van der Waals surface area contributed by atoms with Crippen LogP contribution in [0.15, 0.2) is 193 Å². The maximum atomic E-state index is 14.8. The third-order valence-corrected chi connectivity index (χ3v) is 11.7. The molecule has 70 heavy (non-hydrogen) atoms. The standard InChI is InChI=1S/C61H39BrF4N3.Ir/c62-48-10-6-9-46(32-48)61-35-55(45-21-19-44(20-22-45)43-7-2-1-3-8-43)56(38-69-61)52-12-5-4-11-51(52)47-30-41(15-13-39-17-27-59(67-36-39)53-25-23-49(63)33-57(53)65)29-42(31-47)16-14-40-18-28-60(68-37-40)54-26-24-50(64)34-58(54)66;/h1-8,10-12,17-24,27-38H,13-16H2;/q-3;+3/i13D2,14D2,15D2,16D2;. The first kappa shape index (κ1) is 38.7. The summed E-state index contributed by atoms with van der Waals surface area (Å²) in [5.41, 5.74) is 4.95. The fourth-order valence-corrected chi connectivity index (χ4v) is 8.18. The molecule has 0 aliphatic rings. The van der Waals surface area contributed by atoms with E-state index < -0.39 is 48.8 Å². The molecule has 0 radical (unpaired) electrons. The number of pyridine rings is 3. The third-order valence-electron chi connectivity index (χ3n) is 11.2. The Morgan fingerprint density at radius 2 is 0.957 bits per heavy atom. The summed E-state index contributed by atoms with van der Waals surface area (Å²) < 4.78 is 134. The van der Waals surface area contributed by atoms with Crippen molar-refractivity contribution in [1.82, 2.24) is 15.0 Å². The van der Waals surface area contributed by atoms with Crippen LogP contribution in [0.5, 0.6) is 0 Å². The van der Waals surface area contributed by atoms with E-state index in [1.54, 1.807) is 30.5 Å². The van der Waals surface area contributed by atoms with Gasteiger partial charge in [0.2, 0.25) is 0 Å². The fourth-order valence-electron chi connectivity index (χ4n) is 7.82. The maximum absolute atomic E-state index is 14.8. The number of hydrogen-bond donors (Lipinski definition) is 0. The molecule has 0 N–H and O–H groups in total. The molecule has 0 aliphatic heterocycles. The van der Waals surface area contributed by atoms with Crippen LogP contribution in [-0.4, -0.2) is 15.0 Å². The SMILES string of the molecule is [2H]C([2H])(c1ccc(-c2[c-]cc(F)cc2F)nc1)C([2H])([2H])c1cc(-c2ccccc2-c2cnc(-c3[c-]ccc(Br)c3)cc2-c2ccc(-c3ccccc3)cc2)cc(C([2H])([2H])C([2H])([2H])c2ccc(-c3[c-]cc(F)cc3F)nc2)c1.[Ir+3]. The second kappa shape index (κ2) is 21.6. The van der Waals surface area contributed by atoms with Gasteiger partial charge in [0, 0.05) is 58.4 Å². The molecule has 342 valence electrons. The summed E-state index contributed by atoms with van der Waals surface area (Å²) in [6, 6.07) is 52.7. The van der Waals surface area contributed by atoms with Gasteiger partial charge in [-0.2, -0.15) is 0 Å². The van der Waals surface area contributed by atoms with Crippen LogP contribution in [0, 0.1) is 41.5 Å². The van der Waals surface area contributed by atoms with E-state index in [1.807, 2.05) is 78.9 Å². The van der Waals surface area contributed by atoms with Gasteiger partial charge in [0.25, 0.3) is 0 Å². The van der Waals surface area contributed by atoms with E-state index in [9.17, 15) is 28.5 Å². The third kappa shape index (κ3) is 11.0. The van der Waals surface area contributed by atoms with Crippen LogP contribution >= 0.6 is 15.9 Å². The number of rotatable bonds is 13. The Labute approximate surface area is 437 Å². The van der Waals surface area contributed by atoms with Gasteiger partial charge in [0.15, 0.2) is 0 Å². The zero-order chi connectivity index (χ0) is 54.4. The molecule has 0 bridgehead atoms. The van der Waals surface area contributed by atoms with Crippen molar-refractivity contribution in [3.05, 3.63) is 257 Å². The van der Waals surface area contributed by atoms with E-state index in [-0.39, 0.29) is 70.4 Å². The average molecular weight is 1170 g/mol. The number of hydrogen-bond acceptors (Lipinski definition) is 3. The van der Waals surface area contributed by atoms with Gasteiger partial charge < -0.3 is 15.0 Å².